The van der Waals surface area contributed by atoms with Gasteiger partial charge in [0.2, 0.25) is 5.91 Å². The molecular weight excluding hydrogens is 268 g/mol. The first-order valence-corrected chi connectivity index (χ1v) is 8.22. The van der Waals surface area contributed by atoms with Crippen molar-refractivity contribution in [3.05, 3.63) is 0 Å². The van der Waals surface area contributed by atoms with E-state index < -0.39 is 5.97 Å². The van der Waals surface area contributed by atoms with Crippen LogP contribution in [0.1, 0.15) is 58.8 Å². The number of carboxylic acids is 1. The first-order valence-electron chi connectivity index (χ1n) is 8.22. The fraction of sp³-hybridized carbons (Fsp3) is 0.875. The van der Waals surface area contributed by atoms with Gasteiger partial charge in [0.05, 0.1) is 5.92 Å². The Bertz CT molecular complexity index is 327. The Morgan fingerprint density at radius 1 is 1.24 bits per heavy atom. The monoisotopic (exact) mass is 298 g/mol. The lowest BCUT2D eigenvalue weighted by molar-refractivity contribution is -0.141. The highest BCUT2D eigenvalue weighted by Crippen LogP contribution is 2.17. The van der Waals surface area contributed by atoms with E-state index in [9.17, 15) is 9.59 Å². The molecule has 0 aromatic heterocycles. The summed E-state index contributed by atoms with van der Waals surface area (Å²) in [5, 5.41) is 15.2. The van der Waals surface area contributed by atoms with E-state index in [1.165, 1.54) is 12.8 Å². The normalized spacial score (nSPS) is 19.0. The molecule has 1 amide bonds. The van der Waals surface area contributed by atoms with Gasteiger partial charge in [-0.3, -0.25) is 9.59 Å². The van der Waals surface area contributed by atoms with Gasteiger partial charge in [0, 0.05) is 12.5 Å². The van der Waals surface area contributed by atoms with Crippen molar-refractivity contribution in [1.82, 2.24) is 10.6 Å². The summed E-state index contributed by atoms with van der Waals surface area (Å²) >= 11 is 0. The Kier molecular flexibility index (Phi) is 8.35. The van der Waals surface area contributed by atoms with Crippen LogP contribution in [0, 0.1) is 11.8 Å². The van der Waals surface area contributed by atoms with E-state index in [0.717, 1.165) is 32.4 Å². The lowest BCUT2D eigenvalue weighted by atomic mass is 9.93. The highest BCUT2D eigenvalue weighted by atomic mass is 16.4. The largest absolute Gasteiger partial charge is 0.481 e. The summed E-state index contributed by atoms with van der Waals surface area (Å²) in [5.41, 5.74) is 0. The van der Waals surface area contributed by atoms with Crippen LogP contribution in [0.5, 0.6) is 0 Å². The molecule has 1 saturated heterocycles. The van der Waals surface area contributed by atoms with Crippen molar-refractivity contribution in [2.75, 3.05) is 13.1 Å². The zero-order valence-electron chi connectivity index (χ0n) is 13.4. The Balaban J connectivity index is 2.08. The molecule has 1 aliphatic heterocycles. The van der Waals surface area contributed by atoms with Gasteiger partial charge in [-0.05, 0) is 58.0 Å². The van der Waals surface area contributed by atoms with Crippen LogP contribution in [0.4, 0.5) is 0 Å². The molecule has 1 aliphatic rings. The second-order valence-electron chi connectivity index (χ2n) is 6.37. The smallest absolute Gasteiger partial charge is 0.306 e. The maximum Gasteiger partial charge on any atom is 0.306 e. The predicted molar refractivity (Wildman–Crippen MR) is 83.1 cm³/mol. The minimum atomic E-state index is -0.742. The molecule has 0 aromatic carbocycles. The van der Waals surface area contributed by atoms with Gasteiger partial charge in [0.15, 0.2) is 0 Å². The highest BCUT2D eigenvalue weighted by molar-refractivity contribution is 5.76. The zero-order valence-corrected chi connectivity index (χ0v) is 13.4. The quantitative estimate of drug-likeness (QED) is 0.609. The Morgan fingerprint density at radius 3 is 2.52 bits per heavy atom. The number of carbonyl (C=O) groups is 2. The van der Waals surface area contributed by atoms with Gasteiger partial charge in [-0.1, -0.05) is 13.3 Å². The zero-order chi connectivity index (χ0) is 15.7. The summed E-state index contributed by atoms with van der Waals surface area (Å²) in [6.07, 6.45) is 6.30. The molecule has 2 unspecified atom stereocenters. The molecule has 122 valence electrons. The van der Waals surface area contributed by atoms with Gasteiger partial charge in [0.1, 0.15) is 0 Å². The van der Waals surface area contributed by atoms with Crippen molar-refractivity contribution < 1.29 is 14.7 Å². The van der Waals surface area contributed by atoms with Crippen LogP contribution in [0.3, 0.4) is 0 Å². The summed E-state index contributed by atoms with van der Waals surface area (Å²) < 4.78 is 0. The average Bonchev–Trinajstić information content (AvgIpc) is 2.46. The van der Waals surface area contributed by atoms with E-state index in [1.54, 1.807) is 6.92 Å². The Hall–Kier alpha value is -1.10. The van der Waals surface area contributed by atoms with E-state index in [4.69, 9.17) is 5.11 Å². The van der Waals surface area contributed by atoms with Crippen molar-refractivity contribution in [3.63, 3.8) is 0 Å². The predicted octanol–water partition coefficient (Wildman–Crippen LogP) is 2.16. The first-order chi connectivity index (χ1) is 9.99. The van der Waals surface area contributed by atoms with Gasteiger partial charge >= 0.3 is 5.97 Å². The van der Waals surface area contributed by atoms with Crippen LogP contribution < -0.4 is 10.6 Å². The maximum atomic E-state index is 11.9. The molecule has 3 N–H and O–H groups in total. The standard InChI is InChI=1S/C16H30N2O3/c1-12(16(20)21)4-3-5-13(2)18-15(19)7-6-14-8-10-17-11-9-14/h12-14,17H,3-11H2,1-2H3,(H,18,19)(H,20,21). The number of hydrogen-bond donors (Lipinski definition) is 3. The molecule has 5 nitrogen and oxygen atoms in total. The van der Waals surface area contributed by atoms with Crippen molar-refractivity contribution in [1.29, 1.82) is 0 Å². The number of rotatable bonds is 9. The van der Waals surface area contributed by atoms with Gasteiger partial charge in [-0.15, -0.1) is 0 Å². The van der Waals surface area contributed by atoms with Gasteiger partial charge in [-0.2, -0.15) is 0 Å². The summed E-state index contributed by atoms with van der Waals surface area (Å²) in [6, 6.07) is 0.131. The third kappa shape index (κ3) is 8.05. The summed E-state index contributed by atoms with van der Waals surface area (Å²) in [7, 11) is 0. The van der Waals surface area contributed by atoms with Crippen LogP contribution in [0.2, 0.25) is 0 Å². The molecule has 1 rings (SSSR count). The van der Waals surface area contributed by atoms with E-state index >= 15 is 0 Å². The molecule has 0 spiro atoms. The van der Waals surface area contributed by atoms with E-state index in [2.05, 4.69) is 10.6 Å². The number of piperidine rings is 1. The van der Waals surface area contributed by atoms with E-state index in [0.29, 0.717) is 18.8 Å². The van der Waals surface area contributed by atoms with Gasteiger partial charge in [-0.25, -0.2) is 0 Å². The van der Waals surface area contributed by atoms with Crippen LogP contribution in [0.25, 0.3) is 0 Å². The van der Waals surface area contributed by atoms with Crippen LogP contribution in [0.15, 0.2) is 0 Å². The molecular formula is C16H30N2O3. The SMILES string of the molecule is CC(CCCC(C)C(=O)O)NC(=O)CCC1CCNCC1. The Morgan fingerprint density at radius 2 is 1.90 bits per heavy atom. The summed E-state index contributed by atoms with van der Waals surface area (Å²) in [4.78, 5) is 22.6. The highest BCUT2D eigenvalue weighted by Gasteiger charge is 2.16. The van der Waals surface area contributed by atoms with Crippen LogP contribution in [-0.2, 0) is 9.59 Å². The molecule has 0 saturated carbocycles. The maximum absolute atomic E-state index is 11.9. The molecule has 21 heavy (non-hydrogen) atoms. The summed E-state index contributed by atoms with van der Waals surface area (Å²) in [5.74, 6) is -0.225. The van der Waals surface area contributed by atoms with Crippen molar-refractivity contribution in [3.8, 4) is 0 Å². The third-order valence-corrected chi connectivity index (χ3v) is 4.34. The first kappa shape index (κ1) is 18.0. The fourth-order valence-electron chi connectivity index (χ4n) is 2.78. The molecule has 2 atom stereocenters. The number of amides is 1. The molecule has 5 heteroatoms. The second-order valence-corrected chi connectivity index (χ2v) is 6.37. The molecule has 1 heterocycles. The van der Waals surface area contributed by atoms with Gasteiger partial charge in [0.25, 0.3) is 0 Å². The van der Waals surface area contributed by atoms with Gasteiger partial charge < -0.3 is 15.7 Å². The molecule has 1 fully saturated rings. The average molecular weight is 298 g/mol. The molecule has 0 radical (unpaired) electrons. The third-order valence-electron chi connectivity index (χ3n) is 4.34. The lowest BCUT2D eigenvalue weighted by Gasteiger charge is -2.22. The number of carboxylic acid groups (broad SMARTS) is 1. The van der Waals surface area contributed by atoms with Crippen LogP contribution >= 0.6 is 0 Å². The van der Waals surface area contributed by atoms with E-state index in [1.807, 2.05) is 6.92 Å². The molecule has 0 aromatic rings. The number of carbonyl (C=O) groups excluding carboxylic acids is 1. The minimum Gasteiger partial charge on any atom is -0.481 e. The molecule has 0 bridgehead atoms. The van der Waals surface area contributed by atoms with Crippen molar-refractivity contribution in [2.45, 2.75) is 64.8 Å². The second kappa shape index (κ2) is 9.77. The van der Waals surface area contributed by atoms with Crippen LogP contribution in [-0.4, -0.2) is 36.1 Å². The summed E-state index contributed by atoms with van der Waals surface area (Å²) in [6.45, 7) is 5.87. The minimum absolute atomic E-state index is 0.131. The lowest BCUT2D eigenvalue weighted by Crippen LogP contribution is -2.33. The number of nitrogens with one attached hydrogen (secondary N) is 2. The topological polar surface area (TPSA) is 78.4 Å². The number of aliphatic carboxylic acids is 1. The van der Waals surface area contributed by atoms with Crippen molar-refractivity contribution >= 4 is 11.9 Å². The fourth-order valence-corrected chi connectivity index (χ4v) is 2.78. The van der Waals surface area contributed by atoms with E-state index in [-0.39, 0.29) is 17.9 Å². The molecule has 0 aliphatic carbocycles. The Labute approximate surface area is 127 Å². The van der Waals surface area contributed by atoms with Crippen molar-refractivity contribution in [2.24, 2.45) is 11.8 Å². The number of hydrogen-bond acceptors (Lipinski definition) is 3.